The second kappa shape index (κ2) is 9.89. The van der Waals surface area contributed by atoms with E-state index in [2.05, 4.69) is 35.5 Å². The molecular weight excluding hydrogens is 537 g/mol. The van der Waals surface area contributed by atoms with Crippen molar-refractivity contribution in [2.75, 3.05) is 17.3 Å². The maximum absolute atomic E-state index is 13.8. The zero-order valence-electron chi connectivity index (χ0n) is 21.6. The van der Waals surface area contributed by atoms with E-state index in [1.54, 1.807) is 60.5 Å². The zero-order chi connectivity index (χ0) is 28.7. The number of nitrogens with one attached hydrogen (secondary N) is 2. The van der Waals surface area contributed by atoms with Gasteiger partial charge >= 0.3 is 6.18 Å². The first-order chi connectivity index (χ1) is 19.7. The van der Waals surface area contributed by atoms with Gasteiger partial charge in [-0.05, 0) is 43.3 Å². The van der Waals surface area contributed by atoms with Crippen LogP contribution in [0, 0.1) is 6.92 Å². The summed E-state index contributed by atoms with van der Waals surface area (Å²) in [6.07, 6.45) is 4.74. The number of aromatic amines is 1. The molecule has 0 aliphatic carbocycles. The highest BCUT2D eigenvalue weighted by Crippen LogP contribution is 2.34. The van der Waals surface area contributed by atoms with Gasteiger partial charge < -0.3 is 14.8 Å². The molecule has 11 nitrogen and oxygen atoms in total. The largest absolute Gasteiger partial charge is 0.416 e. The highest BCUT2D eigenvalue weighted by molar-refractivity contribution is 6.06. The lowest BCUT2D eigenvalue weighted by atomic mass is 10.1. The molecule has 14 heteroatoms. The highest BCUT2D eigenvalue weighted by atomic mass is 19.4. The Labute approximate surface area is 230 Å². The number of hydrogen-bond acceptors (Lipinski definition) is 7. The minimum atomic E-state index is -4.61. The van der Waals surface area contributed by atoms with E-state index in [1.165, 1.54) is 35.2 Å². The minimum absolute atomic E-state index is 0.0768. The predicted octanol–water partition coefficient (Wildman–Crippen LogP) is 5.07. The number of fused-ring (bicyclic) bond motifs is 1. The molecule has 0 atom stereocenters. The Morgan fingerprint density at radius 2 is 1.93 bits per heavy atom. The second-order valence-electron chi connectivity index (χ2n) is 9.18. The summed E-state index contributed by atoms with van der Waals surface area (Å²) < 4.78 is 44.5. The monoisotopic (exact) mass is 558 g/mol. The van der Waals surface area contributed by atoms with Gasteiger partial charge in [0.05, 0.1) is 29.2 Å². The van der Waals surface area contributed by atoms with Crippen LogP contribution >= 0.6 is 0 Å². The number of hydrogen-bond donors (Lipinski definition) is 2. The van der Waals surface area contributed by atoms with E-state index in [0.29, 0.717) is 34.2 Å². The SMILES string of the molecule is Cc1cn(-c2cc(N(C)C(=O)c3cccc(Nc4nccn4-c4ncnc5[nH]ncc45)c3)cc(C(F)(F)F)c2)cn1. The second-order valence-corrected chi connectivity index (χ2v) is 9.18. The smallest absolute Gasteiger partial charge is 0.325 e. The van der Waals surface area contributed by atoms with Crippen LogP contribution in [0.1, 0.15) is 21.6 Å². The van der Waals surface area contributed by atoms with Crippen LogP contribution < -0.4 is 10.2 Å². The van der Waals surface area contributed by atoms with E-state index in [-0.39, 0.29) is 16.9 Å². The fourth-order valence-electron chi connectivity index (χ4n) is 4.34. The summed E-state index contributed by atoms with van der Waals surface area (Å²) in [5.74, 6) is 0.464. The van der Waals surface area contributed by atoms with E-state index < -0.39 is 17.6 Å². The molecule has 41 heavy (non-hydrogen) atoms. The number of H-pyrrole nitrogens is 1. The van der Waals surface area contributed by atoms with Gasteiger partial charge in [-0.1, -0.05) is 6.07 Å². The molecule has 2 N–H and O–H groups in total. The normalized spacial score (nSPS) is 11.6. The number of amides is 1. The quantitative estimate of drug-likeness (QED) is 0.293. The molecule has 1 amide bonds. The average molecular weight is 559 g/mol. The Morgan fingerprint density at radius 3 is 2.71 bits per heavy atom. The number of rotatable bonds is 6. The van der Waals surface area contributed by atoms with Gasteiger partial charge in [0.25, 0.3) is 5.91 Å². The van der Waals surface area contributed by atoms with Gasteiger partial charge in [-0.2, -0.15) is 18.3 Å². The Hall–Kier alpha value is -5.53. The van der Waals surface area contributed by atoms with Crippen LogP contribution in [-0.2, 0) is 6.18 Å². The van der Waals surface area contributed by atoms with Gasteiger partial charge in [0.15, 0.2) is 11.5 Å². The van der Waals surface area contributed by atoms with Crippen LogP contribution in [0.3, 0.4) is 0 Å². The number of nitrogens with zero attached hydrogens (tertiary/aromatic N) is 8. The van der Waals surface area contributed by atoms with Crippen molar-refractivity contribution < 1.29 is 18.0 Å². The molecule has 0 bridgehead atoms. The van der Waals surface area contributed by atoms with Crippen LogP contribution in [0.4, 0.5) is 30.5 Å². The summed E-state index contributed by atoms with van der Waals surface area (Å²) in [7, 11) is 1.43. The summed E-state index contributed by atoms with van der Waals surface area (Å²) in [6, 6.07) is 10.1. The summed E-state index contributed by atoms with van der Waals surface area (Å²) >= 11 is 0. The molecule has 206 valence electrons. The van der Waals surface area contributed by atoms with Gasteiger partial charge in [-0.3, -0.25) is 14.5 Å². The first kappa shape index (κ1) is 25.7. The third-order valence-corrected chi connectivity index (χ3v) is 6.39. The molecule has 4 heterocycles. The van der Waals surface area contributed by atoms with Crippen molar-refractivity contribution in [1.82, 2.24) is 39.3 Å². The van der Waals surface area contributed by atoms with Crippen LogP contribution in [-0.4, -0.2) is 52.2 Å². The van der Waals surface area contributed by atoms with E-state index in [9.17, 15) is 18.0 Å². The van der Waals surface area contributed by atoms with Crippen LogP contribution in [0.15, 0.2) is 79.9 Å². The molecule has 0 aliphatic rings. The fraction of sp³-hybridized carbons (Fsp3) is 0.111. The number of carbonyl (C=O) groups is 1. The number of carbonyl (C=O) groups excluding carboxylic acids is 1. The molecule has 6 rings (SSSR count). The topological polar surface area (TPSA) is 122 Å². The van der Waals surface area contributed by atoms with Crippen molar-refractivity contribution in [3.63, 3.8) is 0 Å². The van der Waals surface area contributed by atoms with Gasteiger partial charge in [0, 0.05) is 48.3 Å². The number of aromatic nitrogens is 8. The van der Waals surface area contributed by atoms with Gasteiger partial charge in [0.1, 0.15) is 6.33 Å². The molecule has 4 aromatic heterocycles. The lowest BCUT2D eigenvalue weighted by molar-refractivity contribution is -0.137. The van der Waals surface area contributed by atoms with Crippen LogP contribution in [0.2, 0.25) is 0 Å². The van der Waals surface area contributed by atoms with E-state index >= 15 is 0 Å². The highest BCUT2D eigenvalue weighted by Gasteiger charge is 2.32. The molecule has 0 spiro atoms. The summed E-state index contributed by atoms with van der Waals surface area (Å²) in [4.78, 5) is 31.6. The molecule has 2 aromatic carbocycles. The fourth-order valence-corrected chi connectivity index (χ4v) is 4.34. The molecule has 0 fully saturated rings. The maximum atomic E-state index is 13.8. The lowest BCUT2D eigenvalue weighted by Crippen LogP contribution is -2.27. The standard InChI is InChI=1S/C27H21F3N10O/c1-16-13-39(15-34-16)21-10-18(27(28,29)30)9-20(11-21)38(2)25(41)17-4-3-5-19(8-17)36-26-31-6-7-40(26)24-22-12-35-37-23(22)32-14-33-24/h3-15H,1-2H3,(H,31,36)(H,32,33,35,37). The predicted molar refractivity (Wildman–Crippen MR) is 145 cm³/mol. The summed E-state index contributed by atoms with van der Waals surface area (Å²) in [5.41, 5.74) is 1.43. The zero-order valence-corrected chi connectivity index (χ0v) is 21.6. The third kappa shape index (κ3) is 4.97. The lowest BCUT2D eigenvalue weighted by Gasteiger charge is -2.21. The van der Waals surface area contributed by atoms with Gasteiger partial charge in [-0.15, -0.1) is 0 Å². The van der Waals surface area contributed by atoms with Crippen LogP contribution in [0.25, 0.3) is 22.5 Å². The van der Waals surface area contributed by atoms with E-state index in [1.807, 2.05) is 0 Å². The summed E-state index contributed by atoms with van der Waals surface area (Å²) in [5, 5.41) is 10.7. The molecule has 0 radical (unpaired) electrons. The minimum Gasteiger partial charge on any atom is -0.325 e. The van der Waals surface area contributed by atoms with Crippen molar-refractivity contribution in [2.24, 2.45) is 0 Å². The number of benzene rings is 2. The Morgan fingerprint density at radius 1 is 1.07 bits per heavy atom. The van der Waals surface area contributed by atoms with E-state index in [0.717, 1.165) is 12.1 Å². The van der Waals surface area contributed by atoms with Crippen molar-refractivity contribution in [3.05, 3.63) is 96.7 Å². The van der Waals surface area contributed by atoms with Gasteiger partial charge in [-0.25, -0.2) is 19.9 Å². The van der Waals surface area contributed by atoms with E-state index in [4.69, 9.17) is 0 Å². The Kier molecular flexibility index (Phi) is 6.21. The molecule has 0 saturated carbocycles. The van der Waals surface area contributed by atoms with Crippen molar-refractivity contribution in [2.45, 2.75) is 13.1 Å². The number of halogens is 3. The number of imidazole rings is 2. The average Bonchev–Trinajstić information content (AvgIpc) is 3.73. The maximum Gasteiger partial charge on any atom is 0.416 e. The summed E-state index contributed by atoms with van der Waals surface area (Å²) in [6.45, 7) is 1.74. The van der Waals surface area contributed by atoms with Crippen molar-refractivity contribution in [3.8, 4) is 11.5 Å². The Balaban J connectivity index is 1.30. The van der Waals surface area contributed by atoms with Gasteiger partial charge in [0.2, 0.25) is 5.95 Å². The number of alkyl halides is 3. The molecule has 0 unspecified atom stereocenters. The van der Waals surface area contributed by atoms with Crippen molar-refractivity contribution in [1.29, 1.82) is 0 Å². The molecule has 0 aliphatic heterocycles. The first-order valence-electron chi connectivity index (χ1n) is 12.2. The molecule has 6 aromatic rings. The van der Waals surface area contributed by atoms with Crippen molar-refractivity contribution >= 4 is 34.3 Å². The number of anilines is 3. The number of aryl methyl sites for hydroxylation is 1. The first-order valence-corrected chi connectivity index (χ1v) is 12.2. The molecule has 0 saturated heterocycles. The Bertz CT molecular complexity index is 1890. The molecular formula is C27H21F3N10O. The van der Waals surface area contributed by atoms with Crippen LogP contribution in [0.5, 0.6) is 0 Å². The third-order valence-electron chi connectivity index (χ3n) is 6.39.